The molecule has 0 saturated carbocycles. The summed E-state index contributed by atoms with van der Waals surface area (Å²) in [4.78, 5) is 21.8. The molecule has 0 aliphatic rings. The first-order valence-corrected chi connectivity index (χ1v) is 7.29. The summed E-state index contributed by atoms with van der Waals surface area (Å²) in [5.74, 6) is 0. The van der Waals surface area contributed by atoms with Crippen molar-refractivity contribution in [2.24, 2.45) is 0 Å². The predicted molar refractivity (Wildman–Crippen MR) is 86.8 cm³/mol. The van der Waals surface area contributed by atoms with Crippen molar-refractivity contribution >= 4 is 29.1 Å². The molecule has 0 aromatic heterocycles. The molecule has 0 aliphatic carbocycles. The summed E-state index contributed by atoms with van der Waals surface area (Å²) in [6, 6.07) is 4.17. The second kappa shape index (κ2) is 7.98. The van der Waals surface area contributed by atoms with E-state index in [9.17, 15) is 20.0 Å². The first-order valence-electron chi connectivity index (χ1n) is 6.91. The lowest BCUT2D eigenvalue weighted by molar-refractivity contribution is -0.383. The highest BCUT2D eigenvalue weighted by atomic mass is 35.5. The largest absolute Gasteiger partial charge is 0.444 e. The minimum Gasteiger partial charge on any atom is -0.444 e. The van der Waals surface area contributed by atoms with E-state index in [0.717, 1.165) is 0 Å². The van der Waals surface area contributed by atoms with Gasteiger partial charge in [-0.25, -0.2) is 4.79 Å². The Balaban J connectivity index is 2.49. The van der Waals surface area contributed by atoms with Gasteiger partial charge in [-0.2, -0.15) is 0 Å². The SMILES string of the molecule is CC(C)(C)OC(=O)NCC(O)CNc1ccc(Cl)cc1[N+](=O)[O-]. The summed E-state index contributed by atoms with van der Waals surface area (Å²) in [6.45, 7) is 5.14. The number of aliphatic hydroxyl groups is 1. The Labute approximate surface area is 138 Å². The third-order valence-corrected chi connectivity index (χ3v) is 2.80. The zero-order valence-electron chi connectivity index (χ0n) is 13.1. The predicted octanol–water partition coefficient (Wildman–Crippen LogP) is 2.55. The van der Waals surface area contributed by atoms with Crippen molar-refractivity contribution in [1.29, 1.82) is 0 Å². The number of rotatable bonds is 6. The van der Waals surface area contributed by atoms with E-state index in [4.69, 9.17) is 16.3 Å². The van der Waals surface area contributed by atoms with Gasteiger partial charge in [-0.3, -0.25) is 10.1 Å². The quantitative estimate of drug-likeness (QED) is 0.539. The molecule has 3 N–H and O–H groups in total. The summed E-state index contributed by atoms with van der Waals surface area (Å²) < 4.78 is 5.03. The fraction of sp³-hybridized carbons (Fsp3) is 0.500. The molecule has 0 saturated heterocycles. The van der Waals surface area contributed by atoms with Gasteiger partial charge in [0.05, 0.1) is 11.0 Å². The highest BCUT2D eigenvalue weighted by Crippen LogP contribution is 2.27. The van der Waals surface area contributed by atoms with Crippen LogP contribution in [0, 0.1) is 10.1 Å². The lowest BCUT2D eigenvalue weighted by Gasteiger charge is -2.20. The molecule has 9 heteroatoms. The number of halogens is 1. The van der Waals surface area contributed by atoms with Crippen molar-refractivity contribution in [3.05, 3.63) is 33.3 Å². The summed E-state index contributed by atoms with van der Waals surface area (Å²) in [6.07, 6.45) is -1.59. The number of benzene rings is 1. The van der Waals surface area contributed by atoms with Crippen LogP contribution in [0.1, 0.15) is 20.8 Å². The molecule has 1 amide bonds. The second-order valence-electron chi connectivity index (χ2n) is 5.84. The van der Waals surface area contributed by atoms with Crippen LogP contribution < -0.4 is 10.6 Å². The number of nitrogens with zero attached hydrogens (tertiary/aromatic N) is 1. The molecule has 1 aromatic rings. The monoisotopic (exact) mass is 345 g/mol. The number of carbonyl (C=O) groups excluding carboxylic acids is 1. The molecular formula is C14H20ClN3O5. The molecule has 0 bridgehead atoms. The average Bonchev–Trinajstić information content (AvgIpc) is 2.41. The van der Waals surface area contributed by atoms with E-state index in [1.807, 2.05) is 0 Å². The Hall–Kier alpha value is -2.06. The van der Waals surface area contributed by atoms with Crippen LogP contribution in [-0.2, 0) is 4.74 Å². The molecule has 23 heavy (non-hydrogen) atoms. The van der Waals surface area contributed by atoms with E-state index in [-0.39, 0.29) is 29.5 Å². The molecule has 1 unspecified atom stereocenters. The maximum Gasteiger partial charge on any atom is 0.407 e. The second-order valence-corrected chi connectivity index (χ2v) is 6.27. The number of nitro groups is 1. The third-order valence-electron chi connectivity index (χ3n) is 2.57. The fourth-order valence-corrected chi connectivity index (χ4v) is 1.79. The molecular weight excluding hydrogens is 326 g/mol. The van der Waals surface area contributed by atoms with Crippen molar-refractivity contribution in [1.82, 2.24) is 5.32 Å². The molecule has 0 spiro atoms. The third kappa shape index (κ3) is 7.16. The number of hydrogen-bond donors (Lipinski definition) is 3. The van der Waals surface area contributed by atoms with Crippen LogP contribution in [0.4, 0.5) is 16.2 Å². The van der Waals surface area contributed by atoms with Crippen molar-refractivity contribution < 1.29 is 19.6 Å². The molecule has 0 heterocycles. The molecule has 128 valence electrons. The molecule has 0 aliphatic heterocycles. The Morgan fingerprint density at radius 2 is 2.09 bits per heavy atom. The number of anilines is 1. The Morgan fingerprint density at radius 3 is 2.65 bits per heavy atom. The number of nitrogens with one attached hydrogen (secondary N) is 2. The summed E-state index contributed by atoms with van der Waals surface area (Å²) in [5, 5.41) is 26.2. The number of amides is 1. The number of nitro benzene ring substituents is 1. The number of carbonyl (C=O) groups is 1. The first kappa shape index (κ1) is 19.0. The van der Waals surface area contributed by atoms with E-state index in [0.29, 0.717) is 0 Å². The van der Waals surface area contributed by atoms with Crippen molar-refractivity contribution in [2.45, 2.75) is 32.5 Å². The maximum absolute atomic E-state index is 11.4. The highest BCUT2D eigenvalue weighted by Gasteiger charge is 2.18. The van der Waals surface area contributed by atoms with Gasteiger partial charge in [0, 0.05) is 24.2 Å². The molecule has 0 radical (unpaired) electrons. The van der Waals surface area contributed by atoms with Gasteiger partial charge in [-0.1, -0.05) is 11.6 Å². The van der Waals surface area contributed by atoms with E-state index < -0.39 is 22.7 Å². The number of ether oxygens (including phenoxy) is 1. The van der Waals surface area contributed by atoms with Gasteiger partial charge in [0.2, 0.25) is 0 Å². The van der Waals surface area contributed by atoms with Crippen LogP contribution in [0.5, 0.6) is 0 Å². The Kier molecular flexibility index (Phi) is 6.59. The van der Waals surface area contributed by atoms with Gasteiger partial charge in [0.25, 0.3) is 5.69 Å². The van der Waals surface area contributed by atoms with Crippen LogP contribution in [0.25, 0.3) is 0 Å². The van der Waals surface area contributed by atoms with Crippen molar-refractivity contribution in [3.63, 3.8) is 0 Å². The molecule has 1 atom stereocenters. The van der Waals surface area contributed by atoms with E-state index in [1.165, 1.54) is 18.2 Å². The lowest BCUT2D eigenvalue weighted by Crippen LogP contribution is -2.39. The summed E-state index contributed by atoms with van der Waals surface area (Å²) >= 11 is 5.72. The smallest absolute Gasteiger partial charge is 0.407 e. The van der Waals surface area contributed by atoms with Crippen LogP contribution in [-0.4, -0.2) is 40.9 Å². The number of alkyl carbamates (subject to hydrolysis) is 1. The minimum atomic E-state index is -0.946. The van der Waals surface area contributed by atoms with E-state index >= 15 is 0 Å². The van der Waals surface area contributed by atoms with Gasteiger partial charge in [-0.15, -0.1) is 0 Å². The standard InChI is InChI=1S/C14H20ClN3O5/c1-14(2,3)23-13(20)17-8-10(19)7-16-11-5-4-9(15)6-12(11)18(21)22/h4-6,10,16,19H,7-8H2,1-3H3,(H,17,20). The number of hydrogen-bond acceptors (Lipinski definition) is 6. The first-order chi connectivity index (χ1) is 10.6. The van der Waals surface area contributed by atoms with Crippen LogP contribution in [0.3, 0.4) is 0 Å². The van der Waals surface area contributed by atoms with Crippen LogP contribution in [0.2, 0.25) is 5.02 Å². The van der Waals surface area contributed by atoms with Crippen LogP contribution in [0.15, 0.2) is 18.2 Å². The fourth-order valence-electron chi connectivity index (χ4n) is 1.62. The van der Waals surface area contributed by atoms with Gasteiger partial charge in [0.1, 0.15) is 11.3 Å². The maximum atomic E-state index is 11.4. The van der Waals surface area contributed by atoms with E-state index in [1.54, 1.807) is 20.8 Å². The zero-order chi connectivity index (χ0) is 17.6. The van der Waals surface area contributed by atoms with Gasteiger partial charge >= 0.3 is 6.09 Å². The summed E-state index contributed by atoms with van der Waals surface area (Å²) in [5.41, 5.74) is -0.586. The highest BCUT2D eigenvalue weighted by molar-refractivity contribution is 6.30. The van der Waals surface area contributed by atoms with Crippen molar-refractivity contribution in [2.75, 3.05) is 18.4 Å². The molecule has 0 fully saturated rings. The average molecular weight is 346 g/mol. The van der Waals surface area contributed by atoms with Gasteiger partial charge in [-0.05, 0) is 32.9 Å². The summed E-state index contributed by atoms with van der Waals surface area (Å²) in [7, 11) is 0. The Morgan fingerprint density at radius 1 is 1.43 bits per heavy atom. The lowest BCUT2D eigenvalue weighted by atomic mass is 10.2. The zero-order valence-corrected chi connectivity index (χ0v) is 13.9. The van der Waals surface area contributed by atoms with Crippen molar-refractivity contribution in [3.8, 4) is 0 Å². The van der Waals surface area contributed by atoms with Crippen LogP contribution >= 0.6 is 11.6 Å². The molecule has 8 nitrogen and oxygen atoms in total. The van der Waals surface area contributed by atoms with E-state index in [2.05, 4.69) is 10.6 Å². The topological polar surface area (TPSA) is 114 Å². The van der Waals surface area contributed by atoms with Gasteiger partial charge < -0.3 is 20.5 Å². The number of aliphatic hydroxyl groups excluding tert-OH is 1. The Bertz CT molecular complexity index is 574. The van der Waals surface area contributed by atoms with Gasteiger partial charge in [0.15, 0.2) is 0 Å². The normalized spacial score (nSPS) is 12.4. The molecule has 1 rings (SSSR count). The molecule has 1 aromatic carbocycles. The minimum absolute atomic E-state index is 0.0122.